The zero-order valence-corrected chi connectivity index (χ0v) is 14.5. The minimum atomic E-state index is 0.578. The van der Waals surface area contributed by atoms with Crippen molar-refractivity contribution in [2.75, 3.05) is 5.32 Å². The highest BCUT2D eigenvalue weighted by Crippen LogP contribution is 2.22. The third kappa shape index (κ3) is 3.08. The van der Waals surface area contributed by atoms with Gasteiger partial charge in [0.2, 0.25) is 0 Å². The van der Waals surface area contributed by atoms with Crippen LogP contribution in [0.1, 0.15) is 17.1 Å². The van der Waals surface area contributed by atoms with Crippen LogP contribution < -0.4 is 5.32 Å². The lowest BCUT2D eigenvalue weighted by molar-refractivity contribution is 0.770. The Bertz CT molecular complexity index is 1060. The van der Waals surface area contributed by atoms with Gasteiger partial charge >= 0.3 is 0 Å². The molecule has 0 aliphatic carbocycles. The van der Waals surface area contributed by atoms with Crippen molar-refractivity contribution in [2.24, 2.45) is 0 Å². The third-order valence-corrected chi connectivity index (χ3v) is 4.06. The monoisotopic (exact) mass is 329 g/mol. The van der Waals surface area contributed by atoms with E-state index in [4.69, 9.17) is 0 Å². The molecule has 0 fully saturated rings. The number of nitrogens with one attached hydrogen (secondary N) is 1. The second-order valence-electron chi connectivity index (χ2n) is 6.22. The van der Waals surface area contributed by atoms with Crippen molar-refractivity contribution in [3.8, 4) is 5.95 Å². The molecule has 2 aromatic heterocycles. The second-order valence-corrected chi connectivity index (χ2v) is 6.22. The van der Waals surface area contributed by atoms with Gasteiger partial charge in [-0.25, -0.2) is 9.67 Å². The molecular weight excluding hydrogens is 310 g/mol. The van der Waals surface area contributed by atoms with Gasteiger partial charge in [0, 0.05) is 23.1 Å². The Hall–Kier alpha value is -3.21. The molecule has 0 spiro atoms. The molecular formula is C20H19N5. The number of aryl methyl sites for hydroxylation is 3. The lowest BCUT2D eigenvalue weighted by atomic mass is 10.1. The first kappa shape index (κ1) is 15.3. The van der Waals surface area contributed by atoms with Crippen molar-refractivity contribution < 1.29 is 0 Å². The number of aromatic nitrogens is 4. The standard InChI is InChI=1S/C20H19N5/c1-13-11-19(23-20(21-13)25-15(3)10-14(2)24-25)22-18-9-8-16-6-4-5-7-17(16)12-18/h4-12H,1-3H3,(H,21,22,23). The summed E-state index contributed by atoms with van der Waals surface area (Å²) in [6.45, 7) is 5.93. The van der Waals surface area contributed by atoms with Gasteiger partial charge in [0.15, 0.2) is 0 Å². The maximum Gasteiger partial charge on any atom is 0.252 e. The molecule has 2 heterocycles. The molecule has 4 rings (SSSR count). The van der Waals surface area contributed by atoms with Crippen LogP contribution in [-0.4, -0.2) is 19.7 Å². The number of anilines is 2. The van der Waals surface area contributed by atoms with Gasteiger partial charge in [-0.2, -0.15) is 10.1 Å². The second kappa shape index (κ2) is 6.02. The van der Waals surface area contributed by atoms with E-state index in [1.165, 1.54) is 10.8 Å². The van der Waals surface area contributed by atoms with Gasteiger partial charge in [0.05, 0.1) is 5.69 Å². The first-order valence-electron chi connectivity index (χ1n) is 8.24. The number of rotatable bonds is 3. The minimum Gasteiger partial charge on any atom is -0.340 e. The Morgan fingerprint density at radius 1 is 0.800 bits per heavy atom. The minimum absolute atomic E-state index is 0.578. The average molecular weight is 329 g/mol. The largest absolute Gasteiger partial charge is 0.340 e. The molecule has 0 radical (unpaired) electrons. The fourth-order valence-electron chi connectivity index (χ4n) is 2.96. The van der Waals surface area contributed by atoms with Crippen LogP contribution in [0.5, 0.6) is 0 Å². The molecule has 0 saturated heterocycles. The fourth-order valence-corrected chi connectivity index (χ4v) is 2.96. The fraction of sp³-hybridized carbons (Fsp3) is 0.150. The Labute approximate surface area is 146 Å². The van der Waals surface area contributed by atoms with Crippen LogP contribution >= 0.6 is 0 Å². The van der Waals surface area contributed by atoms with Crippen LogP contribution in [0.4, 0.5) is 11.5 Å². The first-order valence-corrected chi connectivity index (χ1v) is 8.24. The predicted octanol–water partition coefficient (Wildman–Crippen LogP) is 4.48. The van der Waals surface area contributed by atoms with Crippen LogP contribution in [0.25, 0.3) is 16.7 Å². The van der Waals surface area contributed by atoms with Crippen LogP contribution in [0.15, 0.2) is 54.6 Å². The van der Waals surface area contributed by atoms with Crippen LogP contribution in [0, 0.1) is 20.8 Å². The normalized spacial score (nSPS) is 11.0. The van der Waals surface area contributed by atoms with Crippen LogP contribution in [0.3, 0.4) is 0 Å². The van der Waals surface area contributed by atoms with Gasteiger partial charge in [-0.15, -0.1) is 0 Å². The van der Waals surface area contributed by atoms with E-state index in [1.807, 2.05) is 45.0 Å². The molecule has 0 saturated carbocycles. The molecule has 0 aliphatic heterocycles. The molecule has 2 aromatic carbocycles. The summed E-state index contributed by atoms with van der Waals surface area (Å²) in [5.41, 5.74) is 3.85. The van der Waals surface area contributed by atoms with Gasteiger partial charge in [0.25, 0.3) is 5.95 Å². The Balaban J connectivity index is 1.71. The SMILES string of the molecule is Cc1cc(Nc2ccc3ccccc3c2)nc(-n2nc(C)cc2C)n1. The van der Waals surface area contributed by atoms with E-state index in [0.717, 1.165) is 28.6 Å². The predicted molar refractivity (Wildman–Crippen MR) is 101 cm³/mol. The van der Waals surface area contributed by atoms with E-state index in [2.05, 4.69) is 50.7 Å². The molecule has 124 valence electrons. The van der Waals surface area contributed by atoms with E-state index < -0.39 is 0 Å². The Morgan fingerprint density at radius 3 is 2.36 bits per heavy atom. The Morgan fingerprint density at radius 2 is 1.60 bits per heavy atom. The van der Waals surface area contributed by atoms with Crippen molar-refractivity contribution in [3.05, 3.63) is 71.7 Å². The van der Waals surface area contributed by atoms with E-state index >= 15 is 0 Å². The maximum atomic E-state index is 4.63. The van der Waals surface area contributed by atoms with E-state index in [1.54, 1.807) is 4.68 Å². The molecule has 4 aromatic rings. The first-order chi connectivity index (χ1) is 12.1. The topological polar surface area (TPSA) is 55.6 Å². The maximum absolute atomic E-state index is 4.63. The van der Waals surface area contributed by atoms with Crippen molar-refractivity contribution >= 4 is 22.3 Å². The molecule has 0 amide bonds. The van der Waals surface area contributed by atoms with Crippen molar-refractivity contribution in [2.45, 2.75) is 20.8 Å². The van der Waals surface area contributed by atoms with Gasteiger partial charge in [-0.3, -0.25) is 0 Å². The quantitative estimate of drug-likeness (QED) is 0.602. The highest BCUT2D eigenvalue weighted by Gasteiger charge is 2.09. The highest BCUT2D eigenvalue weighted by molar-refractivity contribution is 5.86. The molecule has 0 unspecified atom stereocenters. The molecule has 0 bridgehead atoms. The number of benzene rings is 2. The van der Waals surface area contributed by atoms with E-state index in [9.17, 15) is 0 Å². The smallest absolute Gasteiger partial charge is 0.252 e. The summed E-state index contributed by atoms with van der Waals surface area (Å²) < 4.78 is 1.77. The lowest BCUT2D eigenvalue weighted by Crippen LogP contribution is -2.08. The van der Waals surface area contributed by atoms with E-state index in [-0.39, 0.29) is 0 Å². The summed E-state index contributed by atoms with van der Waals surface area (Å²) in [6.07, 6.45) is 0. The molecule has 25 heavy (non-hydrogen) atoms. The van der Waals surface area contributed by atoms with E-state index in [0.29, 0.717) is 5.95 Å². The summed E-state index contributed by atoms with van der Waals surface area (Å²) in [6, 6.07) is 18.5. The van der Waals surface area contributed by atoms with Gasteiger partial charge in [0.1, 0.15) is 5.82 Å². The van der Waals surface area contributed by atoms with Crippen molar-refractivity contribution in [3.63, 3.8) is 0 Å². The van der Waals surface area contributed by atoms with Crippen LogP contribution in [-0.2, 0) is 0 Å². The zero-order valence-electron chi connectivity index (χ0n) is 14.5. The molecule has 0 aliphatic rings. The van der Waals surface area contributed by atoms with Crippen molar-refractivity contribution in [1.29, 1.82) is 0 Å². The summed E-state index contributed by atoms with van der Waals surface area (Å²) in [5.74, 6) is 1.33. The van der Waals surface area contributed by atoms with Crippen molar-refractivity contribution in [1.82, 2.24) is 19.7 Å². The summed E-state index contributed by atoms with van der Waals surface area (Å²) >= 11 is 0. The lowest BCUT2D eigenvalue weighted by Gasteiger charge is -2.10. The summed E-state index contributed by atoms with van der Waals surface area (Å²) in [5, 5.41) is 10.3. The summed E-state index contributed by atoms with van der Waals surface area (Å²) in [4.78, 5) is 9.15. The number of hydrogen-bond donors (Lipinski definition) is 1. The Kier molecular flexibility index (Phi) is 3.69. The van der Waals surface area contributed by atoms with Gasteiger partial charge < -0.3 is 5.32 Å². The van der Waals surface area contributed by atoms with Crippen LogP contribution in [0.2, 0.25) is 0 Å². The van der Waals surface area contributed by atoms with Gasteiger partial charge in [-0.05, 0) is 49.7 Å². The number of nitrogens with zero attached hydrogens (tertiary/aromatic N) is 4. The molecule has 1 N–H and O–H groups in total. The summed E-state index contributed by atoms with van der Waals surface area (Å²) in [7, 11) is 0. The third-order valence-electron chi connectivity index (χ3n) is 4.06. The molecule has 5 nitrogen and oxygen atoms in total. The highest BCUT2D eigenvalue weighted by atomic mass is 15.4. The average Bonchev–Trinajstić information content (AvgIpc) is 2.93. The molecule has 5 heteroatoms. The number of hydrogen-bond acceptors (Lipinski definition) is 4. The number of fused-ring (bicyclic) bond motifs is 1. The molecule has 0 atom stereocenters. The van der Waals surface area contributed by atoms with Gasteiger partial charge in [-0.1, -0.05) is 30.3 Å². The zero-order chi connectivity index (χ0) is 17.4.